The number of alkyl halides is 1. The summed E-state index contributed by atoms with van der Waals surface area (Å²) in [6.45, 7) is 0.670. The fourth-order valence-electron chi connectivity index (χ4n) is 3.85. The minimum absolute atomic E-state index is 0.0309. The monoisotopic (exact) mass is 378 g/mol. The number of fused-ring (bicyclic) bond motifs is 1. The maximum absolute atomic E-state index is 9.65. The molecular weight excluding hydrogens is 363 g/mol. The second-order valence-corrected chi connectivity index (χ2v) is 6.52. The van der Waals surface area contributed by atoms with Crippen LogP contribution in [0.1, 0.15) is 17.9 Å². The van der Waals surface area contributed by atoms with E-state index in [1.54, 1.807) is 0 Å². The Morgan fingerprint density at radius 3 is 2.50 bits per heavy atom. The summed E-state index contributed by atoms with van der Waals surface area (Å²) in [5, 5.41) is 19.3. The highest BCUT2D eigenvalue weighted by Crippen LogP contribution is 2.58. The molecule has 0 N–H and O–H groups in total. The van der Waals surface area contributed by atoms with Crippen LogP contribution in [0.3, 0.4) is 0 Å². The summed E-state index contributed by atoms with van der Waals surface area (Å²) in [5.74, 6) is 0.588. The molecule has 0 bridgehead atoms. The molecule has 1 saturated heterocycles. The molecule has 0 radical (unpaired) electrons. The van der Waals surface area contributed by atoms with Crippen LogP contribution in [0.25, 0.3) is 0 Å². The van der Waals surface area contributed by atoms with Crippen LogP contribution in [-0.4, -0.2) is 17.1 Å². The Morgan fingerprint density at radius 1 is 1.20 bits per heavy atom. The number of nitrogens with zero attached hydrogens (tertiary/aromatic N) is 2. The van der Waals surface area contributed by atoms with Gasteiger partial charge in [-0.25, -0.2) is 0 Å². The lowest BCUT2D eigenvalue weighted by Gasteiger charge is -2.25. The van der Waals surface area contributed by atoms with E-state index in [-0.39, 0.29) is 17.9 Å². The van der Waals surface area contributed by atoms with E-state index in [0.29, 0.717) is 18.9 Å². The Balaban J connectivity index is 2.05. The molecule has 0 unspecified atom stereocenters. The van der Waals surface area contributed by atoms with Gasteiger partial charge in [-0.05, 0) is 23.8 Å². The van der Waals surface area contributed by atoms with Gasteiger partial charge in [-0.3, -0.25) is 0 Å². The third kappa shape index (κ3) is 1.94. The summed E-state index contributed by atoms with van der Waals surface area (Å²) in [5.41, 5.74) is 0.200. The Labute approximate surface area is 132 Å². The molecule has 0 aromatic heterocycles. The average Bonchev–Trinajstić information content (AvgIpc) is 3.03. The van der Waals surface area contributed by atoms with Gasteiger partial charge in [0.15, 0.2) is 5.41 Å². The summed E-state index contributed by atoms with van der Waals surface area (Å²) < 4.78 is 6.80. The van der Waals surface area contributed by atoms with E-state index in [9.17, 15) is 10.5 Å². The smallest absolute Gasteiger partial charge is 0.151 e. The van der Waals surface area contributed by atoms with Crippen LogP contribution in [0.15, 0.2) is 30.3 Å². The van der Waals surface area contributed by atoms with Gasteiger partial charge in [0, 0.05) is 10.3 Å². The van der Waals surface area contributed by atoms with Crippen molar-refractivity contribution in [1.29, 1.82) is 10.5 Å². The van der Waals surface area contributed by atoms with E-state index in [1.165, 1.54) is 0 Å². The highest BCUT2D eigenvalue weighted by molar-refractivity contribution is 14.1. The number of rotatable bonds is 2. The van der Waals surface area contributed by atoms with Crippen LogP contribution in [0.5, 0.6) is 0 Å². The lowest BCUT2D eigenvalue weighted by molar-refractivity contribution is 0.0966. The molecule has 3 nitrogen and oxygen atoms in total. The predicted octanol–water partition coefficient (Wildman–Crippen LogP) is 3.27. The maximum atomic E-state index is 9.65. The van der Waals surface area contributed by atoms with Crippen molar-refractivity contribution in [2.45, 2.75) is 18.4 Å². The van der Waals surface area contributed by atoms with Crippen molar-refractivity contribution >= 4 is 22.6 Å². The Bertz CT molecular complexity index is 560. The van der Waals surface area contributed by atoms with Crippen molar-refractivity contribution in [2.75, 3.05) is 11.0 Å². The highest BCUT2D eigenvalue weighted by atomic mass is 127. The predicted molar refractivity (Wildman–Crippen MR) is 83.1 cm³/mol. The number of ether oxygens (including phenoxy) is 1. The first-order chi connectivity index (χ1) is 9.75. The van der Waals surface area contributed by atoms with Gasteiger partial charge in [0.05, 0.1) is 24.8 Å². The third-order valence-electron chi connectivity index (χ3n) is 4.76. The molecule has 1 aromatic carbocycles. The van der Waals surface area contributed by atoms with Gasteiger partial charge >= 0.3 is 0 Å². The topological polar surface area (TPSA) is 56.8 Å². The minimum Gasteiger partial charge on any atom is -0.377 e. The average molecular weight is 378 g/mol. The molecule has 102 valence electrons. The zero-order chi connectivity index (χ0) is 14.2. The molecule has 0 spiro atoms. The molecule has 20 heavy (non-hydrogen) atoms. The van der Waals surface area contributed by atoms with Crippen LogP contribution in [-0.2, 0) is 4.74 Å². The maximum Gasteiger partial charge on any atom is 0.151 e. The van der Waals surface area contributed by atoms with Crippen LogP contribution in [0, 0.1) is 39.9 Å². The van der Waals surface area contributed by atoms with Gasteiger partial charge in [0.2, 0.25) is 0 Å². The van der Waals surface area contributed by atoms with Gasteiger partial charge in [-0.15, -0.1) is 0 Å². The summed E-state index contributed by atoms with van der Waals surface area (Å²) in [6.07, 6.45) is 0.827. The molecule has 4 heteroatoms. The molecule has 2 fully saturated rings. The van der Waals surface area contributed by atoms with Crippen molar-refractivity contribution in [3.63, 3.8) is 0 Å². The Hall–Kier alpha value is -1.11. The number of benzene rings is 1. The fourth-order valence-corrected chi connectivity index (χ4v) is 4.76. The summed E-state index contributed by atoms with van der Waals surface area (Å²) in [4.78, 5) is 0. The van der Waals surface area contributed by atoms with Crippen LogP contribution < -0.4 is 0 Å². The standard InChI is InChI=1S/C16H15IN2O/c17-7-14-12-6-16(9-18,10-19)15(13(12)8-20-14)11-4-2-1-3-5-11/h1-5,12-15H,6-8H2/t12-,13-,14+,15+/m0/s1. The zero-order valence-corrected chi connectivity index (χ0v) is 13.2. The first kappa shape index (κ1) is 13.9. The molecule has 0 amide bonds. The largest absolute Gasteiger partial charge is 0.377 e. The first-order valence-electron chi connectivity index (χ1n) is 6.81. The number of halogens is 1. The molecule has 2 aliphatic rings. The number of hydrogen-bond donors (Lipinski definition) is 0. The van der Waals surface area contributed by atoms with Crippen LogP contribution in [0.2, 0.25) is 0 Å². The highest BCUT2D eigenvalue weighted by Gasteiger charge is 2.59. The first-order valence-corrected chi connectivity index (χ1v) is 8.33. The molecular formula is C16H15IN2O. The van der Waals surface area contributed by atoms with Crippen LogP contribution in [0.4, 0.5) is 0 Å². The van der Waals surface area contributed by atoms with E-state index >= 15 is 0 Å². The lowest BCUT2D eigenvalue weighted by Crippen LogP contribution is -2.25. The third-order valence-corrected chi connectivity index (χ3v) is 5.62. The SMILES string of the molecule is N#CC1(C#N)C[C@H]2[C@H](CO[C@@H]2CI)[C@H]1c1ccccc1. The lowest BCUT2D eigenvalue weighted by atomic mass is 9.74. The van der Waals surface area contributed by atoms with Gasteiger partial charge in [-0.2, -0.15) is 10.5 Å². The second kappa shape index (κ2) is 5.35. The van der Waals surface area contributed by atoms with E-state index < -0.39 is 5.41 Å². The van der Waals surface area contributed by atoms with Gasteiger partial charge in [0.25, 0.3) is 0 Å². The van der Waals surface area contributed by atoms with Crippen molar-refractivity contribution in [2.24, 2.45) is 17.3 Å². The Morgan fingerprint density at radius 2 is 1.90 bits per heavy atom. The van der Waals surface area contributed by atoms with E-state index in [2.05, 4.69) is 34.7 Å². The molecule has 1 heterocycles. The minimum atomic E-state index is -0.898. The van der Waals surface area contributed by atoms with Crippen LogP contribution >= 0.6 is 22.6 Å². The summed E-state index contributed by atoms with van der Waals surface area (Å²) in [6, 6.07) is 14.7. The van der Waals surface area contributed by atoms with Crippen molar-refractivity contribution in [3.8, 4) is 12.1 Å². The molecule has 4 atom stereocenters. The van der Waals surface area contributed by atoms with Crippen molar-refractivity contribution < 1.29 is 4.74 Å². The molecule has 1 aliphatic heterocycles. The van der Waals surface area contributed by atoms with E-state index in [1.807, 2.05) is 30.3 Å². The number of hydrogen-bond acceptors (Lipinski definition) is 3. The zero-order valence-electron chi connectivity index (χ0n) is 11.0. The molecule has 1 saturated carbocycles. The van der Waals surface area contributed by atoms with Gasteiger partial charge < -0.3 is 4.74 Å². The van der Waals surface area contributed by atoms with Gasteiger partial charge in [-0.1, -0.05) is 52.9 Å². The quantitative estimate of drug-likeness (QED) is 0.586. The molecule has 1 aromatic rings. The number of nitriles is 2. The molecule has 1 aliphatic carbocycles. The normalized spacial score (nSPS) is 34.1. The fraction of sp³-hybridized carbons (Fsp3) is 0.500. The summed E-state index contributed by atoms with van der Waals surface area (Å²) in [7, 11) is 0. The second-order valence-electron chi connectivity index (χ2n) is 5.64. The molecule has 3 rings (SSSR count). The summed E-state index contributed by atoms with van der Waals surface area (Å²) >= 11 is 2.33. The Kier molecular flexibility index (Phi) is 3.70. The van der Waals surface area contributed by atoms with E-state index in [4.69, 9.17) is 4.74 Å². The van der Waals surface area contributed by atoms with E-state index in [0.717, 1.165) is 9.99 Å². The van der Waals surface area contributed by atoms with Crippen molar-refractivity contribution in [1.82, 2.24) is 0 Å². The van der Waals surface area contributed by atoms with Gasteiger partial charge in [0.1, 0.15) is 0 Å². The van der Waals surface area contributed by atoms with Crippen molar-refractivity contribution in [3.05, 3.63) is 35.9 Å².